The number of ether oxygens (including phenoxy) is 1. The van der Waals surface area contributed by atoms with Crippen molar-refractivity contribution in [1.82, 2.24) is 0 Å². The molecule has 0 aliphatic heterocycles. The highest BCUT2D eigenvalue weighted by molar-refractivity contribution is 5.51. The molecule has 0 heterocycles. The number of hydrogen-bond donors (Lipinski definition) is 0. The predicted octanol–water partition coefficient (Wildman–Crippen LogP) is 0.758. The maximum absolute atomic E-state index is 9.93. The van der Waals surface area contributed by atoms with Gasteiger partial charge in [-0.05, 0) is 12.8 Å². The molecule has 8 heavy (non-hydrogen) atoms. The molecule has 0 aromatic carbocycles. The fraction of sp³-hybridized carbons (Fsp3) is 0.667. The van der Waals surface area contributed by atoms with Crippen molar-refractivity contribution in [3.8, 4) is 0 Å². The van der Waals surface area contributed by atoms with E-state index in [0.717, 1.165) is 12.8 Å². The van der Waals surface area contributed by atoms with Gasteiger partial charge in [0.2, 0.25) is 0 Å². The minimum Gasteiger partial charge on any atom is -0.490 e. The molecule has 0 N–H and O–H groups in total. The highest BCUT2D eigenvalue weighted by atomic mass is 16.5. The van der Waals surface area contributed by atoms with Gasteiger partial charge >= 0.3 is 0 Å². The fourth-order valence-corrected chi connectivity index (χ4v) is 0.637. The molecule has 1 aliphatic rings. The number of carbonyl (C=O) groups excluding carboxylic acids is 1. The Morgan fingerprint density at radius 2 is 2.38 bits per heavy atom. The molecule has 0 atom stereocenters. The molecule has 0 aromatic rings. The Balaban J connectivity index is 2.50. The van der Waals surface area contributed by atoms with E-state index in [1.807, 2.05) is 0 Å². The quantitative estimate of drug-likeness (QED) is 0.389. The van der Waals surface area contributed by atoms with E-state index in [-0.39, 0.29) is 0 Å². The van der Waals surface area contributed by atoms with E-state index in [4.69, 9.17) is 4.74 Å². The Labute approximate surface area is 48.1 Å². The van der Waals surface area contributed by atoms with E-state index in [1.54, 1.807) is 5.94 Å². The van der Waals surface area contributed by atoms with Crippen LogP contribution in [-0.2, 0) is 9.53 Å². The lowest BCUT2D eigenvalue weighted by Gasteiger charge is -1.93. The molecule has 1 rings (SSSR count). The Morgan fingerprint density at radius 3 is 2.50 bits per heavy atom. The van der Waals surface area contributed by atoms with Gasteiger partial charge in [-0.3, -0.25) is 0 Å². The lowest BCUT2D eigenvalue weighted by Crippen LogP contribution is -1.88. The second kappa shape index (κ2) is 2.01. The van der Waals surface area contributed by atoms with Crippen LogP contribution >= 0.6 is 0 Å². The molecule has 0 saturated heterocycles. The van der Waals surface area contributed by atoms with Crippen molar-refractivity contribution in [1.29, 1.82) is 0 Å². The summed E-state index contributed by atoms with van der Waals surface area (Å²) < 4.78 is 4.72. The Hall–Kier alpha value is -0.750. The molecule has 0 aromatic heterocycles. The molecule has 0 radical (unpaired) electrons. The number of allylic oxidation sites excluding steroid dienone is 1. The molecule has 44 valence electrons. The van der Waals surface area contributed by atoms with Gasteiger partial charge in [-0.25, -0.2) is 4.79 Å². The van der Waals surface area contributed by atoms with E-state index >= 15 is 0 Å². The fourth-order valence-electron chi connectivity index (χ4n) is 0.637. The van der Waals surface area contributed by atoms with Crippen molar-refractivity contribution < 1.29 is 9.53 Å². The summed E-state index contributed by atoms with van der Waals surface area (Å²) in [6, 6.07) is 0. The summed E-state index contributed by atoms with van der Waals surface area (Å²) >= 11 is 0. The SMILES string of the molecule is COC(=C=O)C1CC1. The number of rotatable bonds is 2. The molecule has 0 spiro atoms. The van der Waals surface area contributed by atoms with Crippen molar-refractivity contribution in [2.75, 3.05) is 7.11 Å². The van der Waals surface area contributed by atoms with Crippen molar-refractivity contribution in [3.63, 3.8) is 0 Å². The van der Waals surface area contributed by atoms with Crippen LogP contribution < -0.4 is 0 Å². The highest BCUT2D eigenvalue weighted by Gasteiger charge is 2.27. The first kappa shape index (κ1) is 5.39. The third kappa shape index (κ3) is 0.903. The van der Waals surface area contributed by atoms with Gasteiger partial charge in [-0.2, -0.15) is 0 Å². The summed E-state index contributed by atoms with van der Waals surface area (Å²) in [5.74, 6) is 2.65. The third-order valence-corrected chi connectivity index (χ3v) is 1.27. The molecule has 1 fully saturated rings. The first-order valence-electron chi connectivity index (χ1n) is 2.67. The van der Waals surface area contributed by atoms with Gasteiger partial charge in [0, 0.05) is 5.92 Å². The van der Waals surface area contributed by atoms with Crippen molar-refractivity contribution in [2.24, 2.45) is 5.92 Å². The summed E-state index contributed by atoms with van der Waals surface area (Å²) in [5, 5.41) is 0. The van der Waals surface area contributed by atoms with Crippen LogP contribution in [0, 0.1) is 5.92 Å². The van der Waals surface area contributed by atoms with Gasteiger partial charge in [-0.15, -0.1) is 0 Å². The van der Waals surface area contributed by atoms with Gasteiger partial charge in [-0.1, -0.05) is 0 Å². The van der Waals surface area contributed by atoms with E-state index in [1.165, 1.54) is 7.11 Å². The maximum Gasteiger partial charge on any atom is 0.182 e. The van der Waals surface area contributed by atoms with Crippen LogP contribution in [-0.4, -0.2) is 13.1 Å². The van der Waals surface area contributed by atoms with Crippen LogP contribution in [0.5, 0.6) is 0 Å². The summed E-state index contributed by atoms with van der Waals surface area (Å²) in [4.78, 5) is 9.93. The average molecular weight is 112 g/mol. The van der Waals surface area contributed by atoms with E-state index in [2.05, 4.69) is 0 Å². The minimum absolute atomic E-state index is 0.400. The lowest BCUT2D eigenvalue weighted by molar-refractivity contribution is 0.274. The Morgan fingerprint density at radius 1 is 1.75 bits per heavy atom. The second-order valence-corrected chi connectivity index (χ2v) is 1.94. The first-order valence-corrected chi connectivity index (χ1v) is 2.67. The lowest BCUT2D eigenvalue weighted by atomic mass is 10.4. The summed E-state index contributed by atoms with van der Waals surface area (Å²) in [5.41, 5.74) is 0. The highest BCUT2D eigenvalue weighted by Crippen LogP contribution is 2.34. The zero-order valence-electron chi connectivity index (χ0n) is 4.81. The van der Waals surface area contributed by atoms with Crippen molar-refractivity contribution >= 4 is 5.94 Å². The Bertz CT molecular complexity index is 129. The summed E-state index contributed by atoms with van der Waals surface area (Å²) in [6.45, 7) is 0. The van der Waals surface area contributed by atoms with Crippen LogP contribution in [0.15, 0.2) is 5.76 Å². The summed E-state index contributed by atoms with van der Waals surface area (Å²) in [6.07, 6.45) is 2.19. The predicted molar refractivity (Wildman–Crippen MR) is 28.9 cm³/mol. The van der Waals surface area contributed by atoms with Gasteiger partial charge in [0.15, 0.2) is 11.7 Å². The van der Waals surface area contributed by atoms with E-state index < -0.39 is 0 Å². The zero-order chi connectivity index (χ0) is 5.98. The normalized spacial score (nSPS) is 17.1. The van der Waals surface area contributed by atoms with Crippen LogP contribution in [0.1, 0.15) is 12.8 Å². The first-order chi connectivity index (χ1) is 3.88. The van der Waals surface area contributed by atoms with Gasteiger partial charge in [0.25, 0.3) is 0 Å². The number of methoxy groups -OCH3 is 1. The van der Waals surface area contributed by atoms with Gasteiger partial charge in [0.1, 0.15) is 0 Å². The van der Waals surface area contributed by atoms with Gasteiger partial charge in [0.05, 0.1) is 7.11 Å². The van der Waals surface area contributed by atoms with Crippen LogP contribution in [0.4, 0.5) is 0 Å². The molecule has 1 aliphatic carbocycles. The minimum atomic E-state index is 0.400. The topological polar surface area (TPSA) is 26.3 Å². The standard InChI is InChI=1S/C6H8O2/c1-8-6(4-7)5-2-3-5/h5H,2-3H2,1H3. The molecule has 0 bridgehead atoms. The molecule has 2 nitrogen and oxygen atoms in total. The molecule has 2 heteroatoms. The van der Waals surface area contributed by atoms with Crippen molar-refractivity contribution in [3.05, 3.63) is 5.76 Å². The van der Waals surface area contributed by atoms with Gasteiger partial charge < -0.3 is 4.74 Å². The number of hydrogen-bond acceptors (Lipinski definition) is 2. The van der Waals surface area contributed by atoms with Crippen LogP contribution in [0.2, 0.25) is 0 Å². The third-order valence-electron chi connectivity index (χ3n) is 1.27. The molecular formula is C6H8O2. The monoisotopic (exact) mass is 112 g/mol. The summed E-state index contributed by atoms with van der Waals surface area (Å²) in [7, 11) is 1.51. The molecule has 1 saturated carbocycles. The average Bonchev–Trinajstić information content (AvgIpc) is 2.53. The van der Waals surface area contributed by atoms with Crippen LogP contribution in [0.3, 0.4) is 0 Å². The van der Waals surface area contributed by atoms with E-state index in [9.17, 15) is 4.79 Å². The van der Waals surface area contributed by atoms with E-state index in [0.29, 0.717) is 11.7 Å². The van der Waals surface area contributed by atoms with Crippen LogP contribution in [0.25, 0.3) is 0 Å². The Kier molecular flexibility index (Phi) is 1.36. The second-order valence-electron chi connectivity index (χ2n) is 1.94. The molecule has 0 amide bonds. The smallest absolute Gasteiger partial charge is 0.182 e. The zero-order valence-corrected chi connectivity index (χ0v) is 4.81. The van der Waals surface area contributed by atoms with Crippen molar-refractivity contribution in [2.45, 2.75) is 12.8 Å². The maximum atomic E-state index is 9.93. The molecular weight excluding hydrogens is 104 g/mol. The largest absolute Gasteiger partial charge is 0.490 e. The molecule has 0 unspecified atom stereocenters.